The lowest BCUT2D eigenvalue weighted by atomic mass is 9.81. The first kappa shape index (κ1) is 22.2. The largest absolute Gasteiger partial charge is 0.231 e. The molecule has 0 bridgehead atoms. The van der Waals surface area contributed by atoms with Gasteiger partial charge in [-0.15, -0.1) is 0 Å². The highest BCUT2D eigenvalue weighted by Crippen LogP contribution is 2.46. The minimum absolute atomic E-state index is 0.750. The van der Waals surface area contributed by atoms with Crippen LogP contribution in [0.4, 0.5) is 0 Å². The molecule has 2 aromatic carbocycles. The Morgan fingerprint density at radius 1 is 0.458 bits per heavy atom. The Morgan fingerprint density at radius 2 is 0.583 bits per heavy atom. The van der Waals surface area contributed by atoms with Gasteiger partial charge < -0.3 is 0 Å². The van der Waals surface area contributed by atoms with Gasteiger partial charge in [-0.1, -0.05) is 48.5 Å². The molecule has 0 fully saturated rings. The number of benzene rings is 2. The third kappa shape index (κ3) is 7.67. The number of hydrogen-bond donors (Lipinski definition) is 4. The van der Waals surface area contributed by atoms with Gasteiger partial charge in [-0.05, 0) is 22.3 Å². The maximum Gasteiger partial charge on any atom is 0.231 e. The highest BCUT2D eigenvalue weighted by Gasteiger charge is 2.19. The molecule has 0 saturated heterocycles. The Labute approximate surface area is 136 Å². The van der Waals surface area contributed by atoms with Crippen LogP contribution in [0.15, 0.2) is 48.5 Å². The lowest BCUT2D eigenvalue weighted by molar-refractivity contribution is 0.562. The van der Waals surface area contributed by atoms with Gasteiger partial charge in [0.2, 0.25) is 24.3 Å². The van der Waals surface area contributed by atoms with E-state index in [1.807, 2.05) is 0 Å². The molecule has 0 heterocycles. The zero-order chi connectivity index (χ0) is 18.8. The van der Waals surface area contributed by atoms with Crippen molar-refractivity contribution in [3.05, 3.63) is 48.5 Å². The maximum absolute atomic E-state index is 8.35. The third-order valence-electron chi connectivity index (χ3n) is 2.43. The fourth-order valence-corrected chi connectivity index (χ4v) is 1.84. The standard InChI is InChI=1S/C12H8.4CHNO/c1-2-6-10-9(5-1)11-7-3-4-8-12(10)11;4*2-1-3/h1-8H;4*2H. The number of isocyanates is 4. The average molecular weight is 324 g/mol. The van der Waals surface area contributed by atoms with Gasteiger partial charge in [-0.3, -0.25) is 0 Å². The highest BCUT2D eigenvalue weighted by molar-refractivity contribution is 6.02. The summed E-state index contributed by atoms with van der Waals surface area (Å²) in [6.07, 6.45) is 3.00. The first-order chi connectivity index (χ1) is 11.6. The van der Waals surface area contributed by atoms with E-state index in [-0.39, 0.29) is 0 Å². The van der Waals surface area contributed by atoms with Crippen LogP contribution in [-0.2, 0) is 19.2 Å². The van der Waals surface area contributed by atoms with Crippen molar-refractivity contribution in [1.82, 2.24) is 0 Å². The summed E-state index contributed by atoms with van der Waals surface area (Å²) in [7, 11) is 0. The maximum atomic E-state index is 8.35. The Kier molecular flexibility index (Phi) is 14.2. The van der Waals surface area contributed by atoms with E-state index in [0.717, 1.165) is 24.3 Å². The van der Waals surface area contributed by atoms with E-state index >= 15 is 0 Å². The van der Waals surface area contributed by atoms with Gasteiger partial charge in [-0.2, -0.15) is 0 Å². The number of hydrogen-bond acceptors (Lipinski definition) is 8. The summed E-state index contributed by atoms with van der Waals surface area (Å²) in [4.78, 5) is 33.4. The fraction of sp³-hybridized carbons (Fsp3) is 0. The molecular weight excluding hydrogens is 312 g/mol. The Morgan fingerprint density at radius 3 is 0.708 bits per heavy atom. The Bertz CT molecular complexity index is 630. The van der Waals surface area contributed by atoms with Crippen LogP contribution in [-0.4, -0.2) is 24.3 Å². The molecule has 0 atom stereocenters. The highest BCUT2D eigenvalue weighted by atomic mass is 16.1. The monoisotopic (exact) mass is 324 g/mol. The summed E-state index contributed by atoms with van der Waals surface area (Å²) in [5, 5.41) is 21.6. The topological polar surface area (TPSA) is 164 Å². The van der Waals surface area contributed by atoms with Crippen molar-refractivity contribution in [2.75, 3.05) is 0 Å². The van der Waals surface area contributed by atoms with E-state index in [1.165, 1.54) is 22.3 Å². The van der Waals surface area contributed by atoms with Crippen LogP contribution >= 0.6 is 0 Å². The number of rotatable bonds is 0. The molecule has 24 heavy (non-hydrogen) atoms. The molecule has 0 saturated carbocycles. The molecule has 0 unspecified atom stereocenters. The van der Waals surface area contributed by atoms with Crippen molar-refractivity contribution in [3.63, 3.8) is 0 Å². The summed E-state index contributed by atoms with van der Waals surface area (Å²) in [5.74, 6) is 0. The molecule has 1 aliphatic rings. The summed E-state index contributed by atoms with van der Waals surface area (Å²) in [5.41, 5.74) is 5.59. The van der Waals surface area contributed by atoms with Gasteiger partial charge in [0.25, 0.3) is 0 Å². The summed E-state index contributed by atoms with van der Waals surface area (Å²) in [6, 6.07) is 17.1. The quantitative estimate of drug-likeness (QED) is 0.369. The van der Waals surface area contributed by atoms with Gasteiger partial charge in [-0.25, -0.2) is 40.8 Å². The van der Waals surface area contributed by atoms with Crippen LogP contribution in [0.2, 0.25) is 0 Å². The number of nitrogens with one attached hydrogen (secondary N) is 4. The predicted molar refractivity (Wildman–Crippen MR) is 84.5 cm³/mol. The van der Waals surface area contributed by atoms with E-state index < -0.39 is 0 Å². The first-order valence-electron chi connectivity index (χ1n) is 5.97. The van der Waals surface area contributed by atoms with Crippen molar-refractivity contribution < 1.29 is 19.2 Å². The lowest BCUT2D eigenvalue weighted by Gasteiger charge is -2.22. The molecule has 0 amide bonds. The van der Waals surface area contributed by atoms with Crippen molar-refractivity contribution in [2.45, 2.75) is 0 Å². The minimum Gasteiger partial charge on any atom is -0.222 e. The van der Waals surface area contributed by atoms with Crippen LogP contribution in [0.3, 0.4) is 0 Å². The molecule has 8 heteroatoms. The van der Waals surface area contributed by atoms with Gasteiger partial charge in [0.1, 0.15) is 0 Å². The van der Waals surface area contributed by atoms with E-state index in [4.69, 9.17) is 40.8 Å². The van der Waals surface area contributed by atoms with Crippen LogP contribution < -0.4 is 0 Å². The average Bonchev–Trinajstić information content (AvgIpc) is 2.56. The minimum atomic E-state index is 0.750. The molecular formula is C16H12N4O4. The summed E-state index contributed by atoms with van der Waals surface area (Å²) in [6.45, 7) is 0. The van der Waals surface area contributed by atoms with E-state index in [2.05, 4.69) is 48.5 Å². The van der Waals surface area contributed by atoms with E-state index in [0.29, 0.717) is 0 Å². The van der Waals surface area contributed by atoms with Crippen molar-refractivity contribution in [3.8, 4) is 22.3 Å². The Balaban J connectivity index is 0. The molecule has 0 aliphatic heterocycles. The molecule has 0 aromatic heterocycles. The number of carbonyl (C=O) groups excluding carboxylic acids is 4. The second-order valence-corrected chi connectivity index (χ2v) is 3.50. The molecule has 1 aliphatic carbocycles. The zero-order valence-electron chi connectivity index (χ0n) is 12.3. The SMILES string of the molecule is N=C=O.N=C=O.N=C=O.N=C=O.c1ccc2c(c1)-c1ccccc1-2. The van der Waals surface area contributed by atoms with E-state index in [9.17, 15) is 0 Å². The normalized spacial score (nSPS) is 7.00. The van der Waals surface area contributed by atoms with Gasteiger partial charge in [0.05, 0.1) is 0 Å². The van der Waals surface area contributed by atoms with Gasteiger partial charge in [0.15, 0.2) is 0 Å². The van der Waals surface area contributed by atoms with Gasteiger partial charge in [0, 0.05) is 0 Å². The molecule has 2 aromatic rings. The van der Waals surface area contributed by atoms with Crippen LogP contribution in [0, 0.1) is 21.6 Å². The lowest BCUT2D eigenvalue weighted by Crippen LogP contribution is -1.96. The molecule has 8 nitrogen and oxygen atoms in total. The predicted octanol–water partition coefficient (Wildman–Crippen LogP) is 2.94. The zero-order valence-corrected chi connectivity index (χ0v) is 12.3. The van der Waals surface area contributed by atoms with Crippen LogP contribution in [0.5, 0.6) is 0 Å². The van der Waals surface area contributed by atoms with Crippen molar-refractivity contribution in [2.24, 2.45) is 0 Å². The second kappa shape index (κ2) is 15.4. The fourth-order valence-electron chi connectivity index (χ4n) is 1.84. The molecule has 4 N–H and O–H groups in total. The van der Waals surface area contributed by atoms with Gasteiger partial charge >= 0.3 is 0 Å². The van der Waals surface area contributed by atoms with E-state index in [1.54, 1.807) is 0 Å². The third-order valence-corrected chi connectivity index (χ3v) is 2.43. The molecule has 0 spiro atoms. The number of fused-ring (bicyclic) bond motifs is 4. The molecule has 120 valence electrons. The smallest absolute Gasteiger partial charge is 0.222 e. The van der Waals surface area contributed by atoms with Crippen molar-refractivity contribution >= 4 is 24.3 Å². The molecule has 0 radical (unpaired) electrons. The first-order valence-corrected chi connectivity index (χ1v) is 5.97. The molecule has 3 rings (SSSR count). The second-order valence-electron chi connectivity index (χ2n) is 3.50. The van der Waals surface area contributed by atoms with Crippen molar-refractivity contribution in [1.29, 1.82) is 21.6 Å². The summed E-state index contributed by atoms with van der Waals surface area (Å²) >= 11 is 0. The summed E-state index contributed by atoms with van der Waals surface area (Å²) < 4.78 is 0. The van der Waals surface area contributed by atoms with Crippen LogP contribution in [0.1, 0.15) is 0 Å². The Hall–Kier alpha value is -4.04. The van der Waals surface area contributed by atoms with Crippen LogP contribution in [0.25, 0.3) is 22.3 Å².